The van der Waals surface area contributed by atoms with Crippen LogP contribution in [0.1, 0.15) is 43.7 Å². The molecule has 1 aromatic rings. The Balaban J connectivity index is 2.18. The van der Waals surface area contributed by atoms with E-state index in [4.69, 9.17) is 4.74 Å². The Bertz CT molecular complexity index is 465. The van der Waals surface area contributed by atoms with Crippen molar-refractivity contribution in [1.29, 1.82) is 0 Å². The van der Waals surface area contributed by atoms with E-state index < -0.39 is 0 Å². The van der Waals surface area contributed by atoms with Crippen molar-refractivity contribution in [3.63, 3.8) is 0 Å². The topological polar surface area (TPSA) is 38.3 Å². The van der Waals surface area contributed by atoms with Crippen molar-refractivity contribution in [3.8, 4) is 5.75 Å². The number of aryl methyl sites for hydroxylation is 2. The predicted molar refractivity (Wildman–Crippen MR) is 77.7 cm³/mol. The van der Waals surface area contributed by atoms with Gasteiger partial charge in [0.25, 0.3) is 0 Å². The van der Waals surface area contributed by atoms with Crippen LogP contribution in [0.3, 0.4) is 0 Å². The number of carbonyl (C=O) groups is 1. The van der Waals surface area contributed by atoms with E-state index in [1.54, 1.807) is 7.11 Å². The van der Waals surface area contributed by atoms with Crippen LogP contribution in [0.4, 0.5) is 5.69 Å². The summed E-state index contributed by atoms with van der Waals surface area (Å²) in [5.74, 6) is 1.04. The first kappa shape index (κ1) is 13.9. The molecule has 3 heteroatoms. The molecule has 0 aromatic heterocycles. The maximum absolute atomic E-state index is 12.4. The van der Waals surface area contributed by atoms with E-state index in [9.17, 15) is 4.79 Å². The molecule has 0 heterocycles. The summed E-state index contributed by atoms with van der Waals surface area (Å²) in [6.45, 7) is 6.07. The molecular weight excluding hydrogens is 238 g/mol. The van der Waals surface area contributed by atoms with E-state index in [-0.39, 0.29) is 11.3 Å². The van der Waals surface area contributed by atoms with Crippen molar-refractivity contribution in [2.75, 3.05) is 12.4 Å². The number of nitrogens with one attached hydrogen (secondary N) is 1. The quantitative estimate of drug-likeness (QED) is 0.898. The van der Waals surface area contributed by atoms with Gasteiger partial charge in [-0.25, -0.2) is 0 Å². The van der Waals surface area contributed by atoms with Gasteiger partial charge in [-0.2, -0.15) is 0 Å². The smallest absolute Gasteiger partial charge is 0.230 e. The van der Waals surface area contributed by atoms with Crippen LogP contribution in [0.2, 0.25) is 0 Å². The van der Waals surface area contributed by atoms with Gasteiger partial charge >= 0.3 is 0 Å². The van der Waals surface area contributed by atoms with Crippen molar-refractivity contribution in [1.82, 2.24) is 0 Å². The van der Waals surface area contributed by atoms with E-state index >= 15 is 0 Å². The number of carbonyl (C=O) groups excluding carboxylic acids is 1. The van der Waals surface area contributed by atoms with Crippen molar-refractivity contribution >= 4 is 11.6 Å². The summed E-state index contributed by atoms with van der Waals surface area (Å²) in [6, 6.07) is 3.95. The van der Waals surface area contributed by atoms with Crippen LogP contribution in [0.5, 0.6) is 5.75 Å². The first-order chi connectivity index (χ1) is 8.96. The molecule has 3 nitrogen and oxygen atoms in total. The number of hydrogen-bond donors (Lipinski definition) is 1. The number of rotatable bonds is 3. The van der Waals surface area contributed by atoms with Crippen molar-refractivity contribution in [2.24, 2.45) is 5.41 Å². The van der Waals surface area contributed by atoms with Crippen LogP contribution in [0.15, 0.2) is 12.1 Å². The zero-order chi connectivity index (χ0) is 14.0. The fourth-order valence-electron chi connectivity index (χ4n) is 3.01. The molecule has 19 heavy (non-hydrogen) atoms. The van der Waals surface area contributed by atoms with Crippen molar-refractivity contribution < 1.29 is 9.53 Å². The summed E-state index contributed by atoms with van der Waals surface area (Å²) in [6.07, 6.45) is 4.30. The third kappa shape index (κ3) is 2.75. The monoisotopic (exact) mass is 261 g/mol. The van der Waals surface area contributed by atoms with Gasteiger partial charge in [0, 0.05) is 11.1 Å². The molecule has 0 aliphatic heterocycles. The molecule has 1 aliphatic carbocycles. The first-order valence-corrected chi connectivity index (χ1v) is 6.93. The molecule has 1 aromatic carbocycles. The average Bonchev–Trinajstić information content (AvgIpc) is 2.77. The van der Waals surface area contributed by atoms with E-state index in [0.29, 0.717) is 0 Å². The average molecular weight is 261 g/mol. The fourth-order valence-corrected chi connectivity index (χ4v) is 3.01. The molecule has 1 amide bonds. The number of benzene rings is 1. The first-order valence-electron chi connectivity index (χ1n) is 6.93. The molecule has 1 N–H and O–H groups in total. The highest BCUT2D eigenvalue weighted by atomic mass is 16.5. The van der Waals surface area contributed by atoms with Crippen molar-refractivity contribution in [3.05, 3.63) is 23.3 Å². The Morgan fingerprint density at radius 2 is 1.74 bits per heavy atom. The minimum atomic E-state index is -0.193. The highest BCUT2D eigenvalue weighted by molar-refractivity contribution is 5.95. The van der Waals surface area contributed by atoms with Crippen LogP contribution in [0.25, 0.3) is 0 Å². The van der Waals surface area contributed by atoms with Gasteiger partial charge in [0.05, 0.1) is 7.11 Å². The zero-order valence-electron chi connectivity index (χ0n) is 12.3. The zero-order valence-corrected chi connectivity index (χ0v) is 12.3. The lowest BCUT2D eigenvalue weighted by Crippen LogP contribution is -2.30. The second-order valence-corrected chi connectivity index (χ2v) is 5.87. The van der Waals surface area contributed by atoms with Crippen LogP contribution in [-0.4, -0.2) is 13.0 Å². The van der Waals surface area contributed by atoms with E-state index in [0.717, 1.165) is 48.2 Å². The summed E-state index contributed by atoms with van der Waals surface area (Å²) in [4.78, 5) is 12.4. The second kappa shape index (κ2) is 5.24. The summed E-state index contributed by atoms with van der Waals surface area (Å²) >= 11 is 0. The molecule has 0 radical (unpaired) electrons. The molecule has 0 bridgehead atoms. The summed E-state index contributed by atoms with van der Waals surface area (Å²) in [7, 11) is 1.67. The molecule has 1 saturated carbocycles. The Hall–Kier alpha value is -1.51. The normalized spacial score (nSPS) is 17.3. The summed E-state index contributed by atoms with van der Waals surface area (Å²) in [5.41, 5.74) is 2.78. The van der Waals surface area contributed by atoms with Crippen LogP contribution in [0, 0.1) is 19.3 Å². The van der Waals surface area contributed by atoms with Crippen LogP contribution < -0.4 is 10.1 Å². The highest BCUT2D eigenvalue weighted by Gasteiger charge is 2.36. The number of ether oxygens (including phenoxy) is 1. The molecule has 1 aliphatic rings. The van der Waals surface area contributed by atoms with Gasteiger partial charge in [-0.1, -0.05) is 19.8 Å². The summed E-state index contributed by atoms with van der Waals surface area (Å²) in [5, 5.41) is 3.06. The predicted octanol–water partition coefficient (Wildman–Crippen LogP) is 3.83. The molecular formula is C16H23NO2. The summed E-state index contributed by atoms with van der Waals surface area (Å²) < 4.78 is 5.34. The third-order valence-corrected chi connectivity index (χ3v) is 4.18. The lowest BCUT2D eigenvalue weighted by molar-refractivity contribution is -0.124. The maximum atomic E-state index is 12.4. The van der Waals surface area contributed by atoms with Gasteiger partial charge in [0.15, 0.2) is 0 Å². The number of amides is 1. The van der Waals surface area contributed by atoms with E-state index in [1.165, 1.54) is 0 Å². The van der Waals surface area contributed by atoms with E-state index in [2.05, 4.69) is 12.2 Å². The highest BCUT2D eigenvalue weighted by Crippen LogP contribution is 2.38. The van der Waals surface area contributed by atoms with Gasteiger partial charge < -0.3 is 10.1 Å². The molecule has 2 rings (SSSR count). The molecule has 0 atom stereocenters. The minimum absolute atomic E-state index is 0.147. The molecule has 1 fully saturated rings. The SMILES string of the molecule is COc1c(C)cc(NC(=O)C2(C)CCCC2)cc1C. The van der Waals surface area contributed by atoms with E-state index in [1.807, 2.05) is 26.0 Å². The van der Waals surface area contributed by atoms with Gasteiger partial charge in [-0.15, -0.1) is 0 Å². The third-order valence-electron chi connectivity index (χ3n) is 4.18. The van der Waals surface area contributed by atoms with Gasteiger partial charge in [-0.3, -0.25) is 4.79 Å². The Labute approximate surface area is 115 Å². The number of anilines is 1. The van der Waals surface area contributed by atoms with Crippen molar-refractivity contribution in [2.45, 2.75) is 46.5 Å². The molecule has 0 saturated heterocycles. The largest absolute Gasteiger partial charge is 0.496 e. The molecule has 0 unspecified atom stereocenters. The van der Waals surface area contributed by atoms with Gasteiger partial charge in [0.2, 0.25) is 5.91 Å². The standard InChI is InChI=1S/C16H23NO2/c1-11-9-13(10-12(2)14(11)19-4)17-15(18)16(3)7-5-6-8-16/h9-10H,5-8H2,1-4H3,(H,17,18). The second-order valence-electron chi connectivity index (χ2n) is 5.87. The lowest BCUT2D eigenvalue weighted by Gasteiger charge is -2.23. The Kier molecular flexibility index (Phi) is 3.83. The number of methoxy groups -OCH3 is 1. The molecule has 104 valence electrons. The number of hydrogen-bond acceptors (Lipinski definition) is 2. The fraction of sp³-hybridized carbons (Fsp3) is 0.562. The van der Waals surface area contributed by atoms with Crippen LogP contribution >= 0.6 is 0 Å². The maximum Gasteiger partial charge on any atom is 0.230 e. The van der Waals surface area contributed by atoms with Gasteiger partial charge in [-0.05, 0) is 49.9 Å². The Morgan fingerprint density at radius 1 is 1.21 bits per heavy atom. The lowest BCUT2D eigenvalue weighted by atomic mass is 9.87. The molecule has 0 spiro atoms. The Morgan fingerprint density at radius 3 is 2.21 bits per heavy atom. The van der Waals surface area contributed by atoms with Gasteiger partial charge in [0.1, 0.15) is 5.75 Å². The van der Waals surface area contributed by atoms with Crippen LogP contribution in [-0.2, 0) is 4.79 Å². The minimum Gasteiger partial charge on any atom is -0.496 e.